The van der Waals surface area contributed by atoms with Gasteiger partial charge < -0.3 is 10.3 Å². The highest BCUT2D eigenvalue weighted by atomic mass is 32.2. The quantitative estimate of drug-likeness (QED) is 0.363. The zero-order chi connectivity index (χ0) is 18.0. The summed E-state index contributed by atoms with van der Waals surface area (Å²) < 4.78 is 13.3. The highest BCUT2D eigenvalue weighted by molar-refractivity contribution is 8.00. The number of rotatable bonds is 5. The minimum Gasteiger partial charge on any atom is -0.325 e. The summed E-state index contributed by atoms with van der Waals surface area (Å²) in [6.45, 7) is 0. The second kappa shape index (κ2) is 7.01. The van der Waals surface area contributed by atoms with Gasteiger partial charge in [-0.1, -0.05) is 11.8 Å². The molecule has 1 amide bonds. The molecule has 1 aromatic heterocycles. The molecule has 0 radical (unpaired) electrons. The van der Waals surface area contributed by atoms with Crippen molar-refractivity contribution >= 4 is 29.0 Å². The van der Waals surface area contributed by atoms with Gasteiger partial charge in [0.1, 0.15) is 5.03 Å². The molecule has 130 valence electrons. The van der Waals surface area contributed by atoms with Crippen LogP contribution in [0.4, 0.5) is 15.8 Å². The van der Waals surface area contributed by atoms with Gasteiger partial charge in [0.05, 0.1) is 10.7 Å². The number of fused-ring (bicyclic) bond motifs is 1. The van der Waals surface area contributed by atoms with Crippen LogP contribution in [0.2, 0.25) is 0 Å². The molecule has 25 heavy (non-hydrogen) atoms. The number of nitro benzene ring substituents is 1. The Morgan fingerprint density at radius 2 is 2.24 bits per heavy atom. The fraction of sp³-hybridized carbons (Fsp3) is 0.267. The van der Waals surface area contributed by atoms with Crippen LogP contribution in [0.1, 0.15) is 17.7 Å². The second-order valence-corrected chi connectivity index (χ2v) is 6.38. The van der Waals surface area contributed by atoms with E-state index in [1.165, 1.54) is 6.07 Å². The smallest absolute Gasteiger partial charge is 0.325 e. The molecule has 3 rings (SSSR count). The van der Waals surface area contributed by atoms with Crippen molar-refractivity contribution in [3.05, 3.63) is 55.9 Å². The lowest BCUT2D eigenvalue weighted by atomic mass is 10.2. The SMILES string of the molecule is O=C(CSc1nc(=O)[nH]c2c1CCC2)Nc1ccc(F)c([N+](=O)[O-])c1. The number of nitrogens with zero attached hydrogens (tertiary/aromatic N) is 2. The zero-order valence-electron chi connectivity index (χ0n) is 12.9. The predicted molar refractivity (Wildman–Crippen MR) is 89.3 cm³/mol. The van der Waals surface area contributed by atoms with E-state index in [0.29, 0.717) is 5.03 Å². The molecule has 1 heterocycles. The van der Waals surface area contributed by atoms with E-state index in [0.717, 1.165) is 54.4 Å². The molecule has 0 saturated heterocycles. The Bertz CT molecular complexity index is 915. The fourth-order valence-electron chi connectivity index (χ4n) is 2.62. The molecule has 2 aromatic rings. The Balaban J connectivity index is 1.67. The van der Waals surface area contributed by atoms with Crippen LogP contribution in [0, 0.1) is 15.9 Å². The number of H-pyrrole nitrogens is 1. The highest BCUT2D eigenvalue weighted by Crippen LogP contribution is 2.28. The van der Waals surface area contributed by atoms with Crippen LogP contribution >= 0.6 is 11.8 Å². The van der Waals surface area contributed by atoms with E-state index in [1.807, 2.05) is 0 Å². The first-order valence-corrected chi connectivity index (χ1v) is 8.41. The average molecular weight is 364 g/mol. The number of hydrogen-bond acceptors (Lipinski definition) is 6. The minimum absolute atomic E-state index is 0.0198. The van der Waals surface area contributed by atoms with Crippen molar-refractivity contribution in [2.24, 2.45) is 0 Å². The van der Waals surface area contributed by atoms with Gasteiger partial charge in [-0.25, -0.2) is 4.79 Å². The van der Waals surface area contributed by atoms with Crippen molar-refractivity contribution in [2.75, 3.05) is 11.1 Å². The van der Waals surface area contributed by atoms with Gasteiger partial charge in [-0.15, -0.1) is 0 Å². The van der Waals surface area contributed by atoms with Gasteiger partial charge in [-0.05, 0) is 31.4 Å². The van der Waals surface area contributed by atoms with E-state index in [-0.39, 0.29) is 11.4 Å². The molecule has 0 bridgehead atoms. The predicted octanol–water partition coefficient (Wildman–Crippen LogP) is 2.04. The van der Waals surface area contributed by atoms with Crippen LogP contribution in [0.5, 0.6) is 0 Å². The summed E-state index contributed by atoms with van der Waals surface area (Å²) in [5.41, 5.74) is 0.784. The molecule has 0 spiro atoms. The van der Waals surface area contributed by atoms with Gasteiger partial charge >= 0.3 is 11.4 Å². The summed E-state index contributed by atoms with van der Waals surface area (Å²) in [6, 6.07) is 3.13. The number of aromatic amines is 1. The Hall–Kier alpha value is -2.75. The van der Waals surface area contributed by atoms with Crippen LogP contribution in [0.3, 0.4) is 0 Å². The Labute approximate surface area is 145 Å². The third kappa shape index (κ3) is 3.85. The van der Waals surface area contributed by atoms with Gasteiger partial charge in [-0.3, -0.25) is 14.9 Å². The number of carbonyl (C=O) groups is 1. The Kier molecular flexibility index (Phi) is 4.79. The molecule has 0 atom stereocenters. The largest absolute Gasteiger partial charge is 0.346 e. The Morgan fingerprint density at radius 3 is 3.00 bits per heavy atom. The summed E-state index contributed by atoms with van der Waals surface area (Å²) in [5, 5.41) is 13.7. The summed E-state index contributed by atoms with van der Waals surface area (Å²) in [6.07, 6.45) is 2.51. The van der Waals surface area contributed by atoms with Gasteiger partial charge in [0.25, 0.3) is 0 Å². The standard InChI is InChI=1S/C15H13FN4O4S/c16-10-5-4-8(6-12(10)20(23)24)17-13(21)7-25-14-9-2-1-3-11(9)18-15(22)19-14/h4-6H,1-3,7H2,(H,17,21)(H,18,19,22). The first-order chi connectivity index (χ1) is 11.9. The molecule has 0 unspecified atom stereocenters. The second-order valence-electron chi connectivity index (χ2n) is 5.42. The molecular weight excluding hydrogens is 351 g/mol. The summed E-state index contributed by atoms with van der Waals surface area (Å²) in [4.78, 5) is 40.0. The average Bonchev–Trinajstić information content (AvgIpc) is 3.02. The van der Waals surface area contributed by atoms with E-state index >= 15 is 0 Å². The maximum atomic E-state index is 13.3. The van der Waals surface area contributed by atoms with E-state index in [1.54, 1.807) is 0 Å². The minimum atomic E-state index is -0.972. The van der Waals surface area contributed by atoms with Crippen molar-refractivity contribution in [1.82, 2.24) is 9.97 Å². The zero-order valence-corrected chi connectivity index (χ0v) is 13.7. The molecule has 2 N–H and O–H groups in total. The van der Waals surface area contributed by atoms with Gasteiger partial charge in [0.2, 0.25) is 11.7 Å². The molecule has 1 aromatic carbocycles. The van der Waals surface area contributed by atoms with E-state index in [4.69, 9.17) is 0 Å². The first-order valence-electron chi connectivity index (χ1n) is 7.42. The highest BCUT2D eigenvalue weighted by Gasteiger charge is 2.19. The van der Waals surface area contributed by atoms with Crippen LogP contribution in [-0.4, -0.2) is 26.6 Å². The van der Waals surface area contributed by atoms with Crippen molar-refractivity contribution in [3.8, 4) is 0 Å². The number of aryl methyl sites for hydroxylation is 1. The maximum absolute atomic E-state index is 13.3. The summed E-state index contributed by atoms with van der Waals surface area (Å²) in [7, 11) is 0. The normalized spacial score (nSPS) is 12.7. The third-order valence-electron chi connectivity index (χ3n) is 3.70. The van der Waals surface area contributed by atoms with E-state index in [9.17, 15) is 24.1 Å². The number of amides is 1. The molecule has 0 saturated carbocycles. The van der Waals surface area contributed by atoms with Crippen LogP contribution < -0.4 is 11.0 Å². The number of benzene rings is 1. The topological polar surface area (TPSA) is 118 Å². The number of thioether (sulfide) groups is 1. The van der Waals surface area contributed by atoms with Crippen molar-refractivity contribution in [2.45, 2.75) is 24.3 Å². The van der Waals surface area contributed by atoms with Gasteiger partial charge in [0.15, 0.2) is 0 Å². The maximum Gasteiger partial charge on any atom is 0.346 e. The molecule has 1 aliphatic carbocycles. The van der Waals surface area contributed by atoms with Crippen molar-refractivity contribution in [1.29, 1.82) is 0 Å². The van der Waals surface area contributed by atoms with Crippen LogP contribution in [0.25, 0.3) is 0 Å². The number of nitro groups is 1. The van der Waals surface area contributed by atoms with Crippen LogP contribution in [-0.2, 0) is 17.6 Å². The number of carbonyl (C=O) groups excluding carboxylic acids is 1. The summed E-state index contributed by atoms with van der Waals surface area (Å²) >= 11 is 1.13. The lowest BCUT2D eigenvalue weighted by molar-refractivity contribution is -0.387. The number of halogens is 1. The van der Waals surface area contributed by atoms with Gasteiger partial charge in [0, 0.05) is 23.0 Å². The number of anilines is 1. The summed E-state index contributed by atoms with van der Waals surface area (Å²) in [5.74, 6) is -1.42. The van der Waals surface area contributed by atoms with Crippen molar-refractivity contribution in [3.63, 3.8) is 0 Å². The number of aromatic nitrogens is 2. The van der Waals surface area contributed by atoms with E-state index in [2.05, 4.69) is 15.3 Å². The molecule has 0 fully saturated rings. The lowest BCUT2D eigenvalue weighted by Gasteiger charge is -2.07. The monoisotopic (exact) mass is 364 g/mol. The lowest BCUT2D eigenvalue weighted by Crippen LogP contribution is -2.17. The number of nitrogens with one attached hydrogen (secondary N) is 2. The molecule has 1 aliphatic rings. The third-order valence-corrected chi connectivity index (χ3v) is 4.72. The van der Waals surface area contributed by atoms with Crippen LogP contribution in [0.15, 0.2) is 28.0 Å². The first kappa shape index (κ1) is 17.1. The molecule has 10 heteroatoms. The van der Waals surface area contributed by atoms with E-state index < -0.39 is 28.0 Å². The molecule has 0 aliphatic heterocycles. The number of hydrogen-bond donors (Lipinski definition) is 2. The molecule has 8 nitrogen and oxygen atoms in total. The van der Waals surface area contributed by atoms with Crippen molar-refractivity contribution < 1.29 is 14.1 Å². The Morgan fingerprint density at radius 1 is 1.44 bits per heavy atom. The van der Waals surface area contributed by atoms with Gasteiger partial charge in [-0.2, -0.15) is 9.37 Å². The fourth-order valence-corrected chi connectivity index (χ4v) is 3.50. The molecular formula is C15H13FN4O4S.